The summed E-state index contributed by atoms with van der Waals surface area (Å²) in [6.07, 6.45) is 9.43. The summed E-state index contributed by atoms with van der Waals surface area (Å²) in [6, 6.07) is 8.32. The summed E-state index contributed by atoms with van der Waals surface area (Å²) in [5, 5.41) is 4.15. The molecular formula is C17H28ClN. The fourth-order valence-corrected chi connectivity index (χ4v) is 2.76. The Morgan fingerprint density at radius 2 is 1.84 bits per heavy atom. The summed E-state index contributed by atoms with van der Waals surface area (Å²) in [4.78, 5) is 0. The number of hydrogen-bond acceptors (Lipinski definition) is 1. The molecule has 0 fully saturated rings. The highest BCUT2D eigenvalue weighted by Gasteiger charge is 2.10. The summed E-state index contributed by atoms with van der Waals surface area (Å²) in [5.41, 5.74) is 1.37. The molecule has 1 N–H and O–H groups in total. The first kappa shape index (κ1) is 16.5. The van der Waals surface area contributed by atoms with Gasteiger partial charge in [-0.2, -0.15) is 0 Å². The van der Waals surface area contributed by atoms with Crippen LogP contribution in [0.4, 0.5) is 0 Å². The minimum absolute atomic E-state index is 0.592. The molecule has 0 bridgehead atoms. The first-order valence-electron chi connectivity index (χ1n) is 7.68. The Balaban J connectivity index is 2.36. The molecule has 0 aromatic heterocycles. The van der Waals surface area contributed by atoms with E-state index in [0.717, 1.165) is 11.6 Å². The van der Waals surface area contributed by atoms with Crippen LogP contribution in [0.3, 0.4) is 0 Å². The average molecular weight is 282 g/mol. The van der Waals surface area contributed by atoms with Gasteiger partial charge in [-0.15, -0.1) is 0 Å². The zero-order chi connectivity index (χ0) is 13.9. The van der Waals surface area contributed by atoms with Gasteiger partial charge in [0.05, 0.1) is 0 Å². The van der Waals surface area contributed by atoms with E-state index in [1.165, 1.54) is 50.5 Å². The lowest BCUT2D eigenvalue weighted by molar-refractivity contribution is 0.522. The van der Waals surface area contributed by atoms with E-state index in [4.69, 9.17) is 11.6 Å². The number of likely N-dealkylation sites (N-methyl/N-ethyl adjacent to an activating group) is 1. The second-order valence-electron chi connectivity index (χ2n) is 5.37. The third-order valence-corrected chi connectivity index (χ3v) is 3.91. The maximum Gasteiger partial charge on any atom is 0.0408 e. The van der Waals surface area contributed by atoms with Crippen LogP contribution >= 0.6 is 11.6 Å². The highest BCUT2D eigenvalue weighted by molar-refractivity contribution is 6.30. The van der Waals surface area contributed by atoms with Gasteiger partial charge in [0, 0.05) is 11.6 Å². The first-order chi connectivity index (χ1) is 9.27. The SMILES string of the molecule is CCCCCCCCC(CNC)c1cccc(Cl)c1. The van der Waals surface area contributed by atoms with Crippen molar-refractivity contribution < 1.29 is 0 Å². The monoisotopic (exact) mass is 281 g/mol. The Labute approximate surface area is 123 Å². The summed E-state index contributed by atoms with van der Waals surface area (Å²) in [7, 11) is 2.03. The van der Waals surface area contributed by atoms with Crippen LogP contribution in [0.2, 0.25) is 5.02 Å². The van der Waals surface area contributed by atoms with Crippen LogP contribution in [0.1, 0.15) is 63.4 Å². The quantitative estimate of drug-likeness (QED) is 0.567. The summed E-state index contributed by atoms with van der Waals surface area (Å²) in [6.45, 7) is 3.30. The van der Waals surface area contributed by atoms with Gasteiger partial charge in [-0.3, -0.25) is 0 Å². The van der Waals surface area contributed by atoms with Gasteiger partial charge in [-0.25, -0.2) is 0 Å². The van der Waals surface area contributed by atoms with Crippen molar-refractivity contribution in [2.45, 2.75) is 57.8 Å². The minimum Gasteiger partial charge on any atom is -0.319 e. The molecule has 108 valence electrons. The van der Waals surface area contributed by atoms with E-state index < -0.39 is 0 Å². The minimum atomic E-state index is 0.592. The van der Waals surface area contributed by atoms with E-state index in [1.807, 2.05) is 13.1 Å². The molecule has 19 heavy (non-hydrogen) atoms. The molecule has 1 nitrogen and oxygen atoms in total. The lowest BCUT2D eigenvalue weighted by Gasteiger charge is -2.17. The van der Waals surface area contributed by atoms with E-state index in [2.05, 4.69) is 30.4 Å². The molecule has 0 amide bonds. The lowest BCUT2D eigenvalue weighted by Crippen LogP contribution is -2.17. The Morgan fingerprint density at radius 3 is 2.53 bits per heavy atom. The van der Waals surface area contributed by atoms with Gasteiger partial charge in [0.1, 0.15) is 0 Å². The van der Waals surface area contributed by atoms with E-state index in [0.29, 0.717) is 5.92 Å². The smallest absolute Gasteiger partial charge is 0.0408 e. The van der Waals surface area contributed by atoms with Crippen LogP contribution in [-0.2, 0) is 0 Å². The molecule has 0 saturated carbocycles. The molecule has 0 spiro atoms. The summed E-state index contributed by atoms with van der Waals surface area (Å²) < 4.78 is 0. The molecule has 1 unspecified atom stereocenters. The van der Waals surface area contributed by atoms with Gasteiger partial charge in [0.25, 0.3) is 0 Å². The first-order valence-corrected chi connectivity index (χ1v) is 8.05. The van der Waals surface area contributed by atoms with E-state index in [1.54, 1.807) is 0 Å². The number of nitrogens with one attached hydrogen (secondary N) is 1. The lowest BCUT2D eigenvalue weighted by atomic mass is 9.93. The molecule has 1 aromatic rings. The predicted octanol–water partition coefficient (Wildman–Crippen LogP) is 5.39. The fraction of sp³-hybridized carbons (Fsp3) is 0.647. The number of rotatable bonds is 10. The topological polar surface area (TPSA) is 12.0 Å². The second-order valence-corrected chi connectivity index (χ2v) is 5.80. The van der Waals surface area contributed by atoms with Crippen molar-refractivity contribution in [2.24, 2.45) is 0 Å². The van der Waals surface area contributed by atoms with Crippen LogP contribution in [-0.4, -0.2) is 13.6 Å². The Morgan fingerprint density at radius 1 is 1.11 bits per heavy atom. The third-order valence-electron chi connectivity index (χ3n) is 3.68. The van der Waals surface area contributed by atoms with Crippen LogP contribution in [0.5, 0.6) is 0 Å². The summed E-state index contributed by atoms with van der Waals surface area (Å²) in [5.74, 6) is 0.592. The normalized spacial score (nSPS) is 12.6. The largest absolute Gasteiger partial charge is 0.319 e. The molecule has 0 heterocycles. The predicted molar refractivity (Wildman–Crippen MR) is 86.1 cm³/mol. The zero-order valence-electron chi connectivity index (χ0n) is 12.4. The Hall–Kier alpha value is -0.530. The van der Waals surface area contributed by atoms with Crippen molar-refractivity contribution in [2.75, 3.05) is 13.6 Å². The van der Waals surface area contributed by atoms with Crippen molar-refractivity contribution in [3.8, 4) is 0 Å². The van der Waals surface area contributed by atoms with Crippen molar-refractivity contribution in [1.29, 1.82) is 0 Å². The molecule has 0 aliphatic rings. The van der Waals surface area contributed by atoms with Crippen molar-refractivity contribution in [1.82, 2.24) is 5.32 Å². The number of hydrogen-bond donors (Lipinski definition) is 1. The van der Waals surface area contributed by atoms with Gasteiger partial charge >= 0.3 is 0 Å². The van der Waals surface area contributed by atoms with Crippen LogP contribution in [0, 0.1) is 0 Å². The van der Waals surface area contributed by atoms with Crippen LogP contribution < -0.4 is 5.32 Å². The zero-order valence-corrected chi connectivity index (χ0v) is 13.2. The van der Waals surface area contributed by atoms with Crippen LogP contribution in [0.15, 0.2) is 24.3 Å². The van der Waals surface area contributed by atoms with Gasteiger partial charge in [-0.05, 0) is 37.1 Å². The maximum absolute atomic E-state index is 6.09. The van der Waals surface area contributed by atoms with Gasteiger partial charge in [0.2, 0.25) is 0 Å². The molecule has 1 atom stereocenters. The molecule has 0 aliphatic heterocycles. The maximum atomic E-state index is 6.09. The molecule has 0 radical (unpaired) electrons. The van der Waals surface area contributed by atoms with E-state index >= 15 is 0 Å². The van der Waals surface area contributed by atoms with E-state index in [9.17, 15) is 0 Å². The van der Waals surface area contributed by atoms with Crippen molar-refractivity contribution >= 4 is 11.6 Å². The molecule has 0 saturated heterocycles. The number of halogens is 1. The molecule has 2 heteroatoms. The van der Waals surface area contributed by atoms with Crippen LogP contribution in [0.25, 0.3) is 0 Å². The van der Waals surface area contributed by atoms with Gasteiger partial charge < -0.3 is 5.32 Å². The highest BCUT2D eigenvalue weighted by atomic mass is 35.5. The third kappa shape index (κ3) is 6.98. The number of benzene rings is 1. The number of unbranched alkanes of at least 4 members (excludes halogenated alkanes) is 5. The molecular weight excluding hydrogens is 254 g/mol. The molecule has 1 rings (SSSR count). The molecule has 0 aliphatic carbocycles. The molecule has 1 aromatic carbocycles. The fourth-order valence-electron chi connectivity index (χ4n) is 2.56. The second kappa shape index (κ2) is 10.3. The Bertz CT molecular complexity index is 338. The Kier molecular flexibility index (Phi) is 8.94. The summed E-state index contributed by atoms with van der Waals surface area (Å²) >= 11 is 6.09. The van der Waals surface area contributed by atoms with Gasteiger partial charge in [0.15, 0.2) is 0 Å². The highest BCUT2D eigenvalue weighted by Crippen LogP contribution is 2.24. The van der Waals surface area contributed by atoms with Crippen molar-refractivity contribution in [3.63, 3.8) is 0 Å². The van der Waals surface area contributed by atoms with E-state index in [-0.39, 0.29) is 0 Å². The van der Waals surface area contributed by atoms with Crippen molar-refractivity contribution in [3.05, 3.63) is 34.9 Å². The average Bonchev–Trinajstić information content (AvgIpc) is 2.41. The van der Waals surface area contributed by atoms with Gasteiger partial charge in [-0.1, -0.05) is 69.2 Å². The standard InChI is InChI=1S/C17H28ClN/c1-3-4-5-6-7-8-10-16(14-19-2)15-11-9-12-17(18)13-15/h9,11-13,16,19H,3-8,10,14H2,1-2H3.